The number of benzene rings is 1. The molecule has 1 saturated carbocycles. The minimum absolute atomic E-state index is 0.125. The van der Waals surface area contributed by atoms with Crippen molar-refractivity contribution in [3.63, 3.8) is 0 Å². The highest BCUT2D eigenvalue weighted by molar-refractivity contribution is 7.50. The third-order valence-electron chi connectivity index (χ3n) is 4.68. The summed E-state index contributed by atoms with van der Waals surface area (Å²) in [6.07, 6.45) is 5.92. The Hall–Kier alpha value is -1.20. The molecule has 1 aromatic rings. The Morgan fingerprint density at radius 3 is 2.28 bits per heavy atom. The fraction of sp³-hybridized carbons (Fsp3) is 0.611. The van der Waals surface area contributed by atoms with Crippen molar-refractivity contribution in [3.8, 4) is 0 Å². The summed E-state index contributed by atoms with van der Waals surface area (Å²) in [5.41, 5.74) is 7.18. The molecule has 0 radical (unpaired) electrons. The molecule has 1 aromatic carbocycles. The maximum atomic E-state index is 12.8. The van der Waals surface area contributed by atoms with E-state index in [1.54, 1.807) is 12.1 Å². The normalized spacial score (nSPS) is 16.0. The van der Waals surface area contributed by atoms with Gasteiger partial charge in [-0.1, -0.05) is 43.5 Å². The van der Waals surface area contributed by atoms with E-state index in [1.165, 1.54) is 6.42 Å². The van der Waals surface area contributed by atoms with E-state index >= 15 is 0 Å². The van der Waals surface area contributed by atoms with E-state index in [-0.39, 0.29) is 18.0 Å². The van der Waals surface area contributed by atoms with Crippen molar-refractivity contribution in [2.45, 2.75) is 51.2 Å². The van der Waals surface area contributed by atoms with Gasteiger partial charge in [-0.2, -0.15) is 0 Å². The SMILES string of the molecule is NCCCN(Cc1ccc(CP(=O)(O)O)cc1)C(=O)C1CCCCC1. The average molecular weight is 368 g/mol. The molecule has 0 spiro atoms. The van der Waals surface area contributed by atoms with Crippen molar-refractivity contribution < 1.29 is 19.1 Å². The van der Waals surface area contributed by atoms with E-state index in [9.17, 15) is 9.36 Å². The second-order valence-electron chi connectivity index (χ2n) is 6.88. The van der Waals surface area contributed by atoms with Crippen molar-refractivity contribution in [1.29, 1.82) is 0 Å². The number of rotatable bonds is 8. The van der Waals surface area contributed by atoms with Crippen LogP contribution in [0.5, 0.6) is 0 Å². The van der Waals surface area contributed by atoms with Crippen LogP contribution < -0.4 is 5.73 Å². The first kappa shape index (κ1) is 20.1. The van der Waals surface area contributed by atoms with Crippen LogP contribution in [0.4, 0.5) is 0 Å². The number of carbonyl (C=O) groups excluding carboxylic acids is 1. The zero-order chi connectivity index (χ0) is 18.3. The van der Waals surface area contributed by atoms with Crippen LogP contribution in [0.2, 0.25) is 0 Å². The summed E-state index contributed by atoms with van der Waals surface area (Å²) in [5, 5.41) is 0. The molecule has 6 nitrogen and oxygen atoms in total. The molecule has 0 aliphatic heterocycles. The molecule has 0 aromatic heterocycles. The van der Waals surface area contributed by atoms with Crippen LogP contribution in [-0.2, 0) is 22.1 Å². The maximum absolute atomic E-state index is 12.8. The Morgan fingerprint density at radius 2 is 1.72 bits per heavy atom. The van der Waals surface area contributed by atoms with Gasteiger partial charge in [0.1, 0.15) is 0 Å². The summed E-state index contributed by atoms with van der Waals surface area (Å²) in [4.78, 5) is 32.8. The van der Waals surface area contributed by atoms with Crippen LogP contribution in [0.3, 0.4) is 0 Å². The van der Waals surface area contributed by atoms with Gasteiger partial charge in [-0.05, 0) is 36.9 Å². The van der Waals surface area contributed by atoms with E-state index in [0.717, 1.165) is 37.7 Å². The van der Waals surface area contributed by atoms with Crippen molar-refractivity contribution in [2.75, 3.05) is 13.1 Å². The van der Waals surface area contributed by atoms with E-state index < -0.39 is 7.60 Å². The Kier molecular flexibility index (Phi) is 7.63. The highest BCUT2D eigenvalue weighted by Gasteiger charge is 2.25. The summed E-state index contributed by atoms with van der Waals surface area (Å²) >= 11 is 0. The smallest absolute Gasteiger partial charge is 0.329 e. The Balaban J connectivity index is 2.02. The minimum atomic E-state index is -4.06. The van der Waals surface area contributed by atoms with E-state index in [4.69, 9.17) is 15.5 Å². The first-order valence-corrected chi connectivity index (χ1v) is 10.8. The Bertz CT molecular complexity index is 594. The number of nitrogens with two attached hydrogens (primary N) is 1. The zero-order valence-electron chi connectivity index (χ0n) is 14.6. The fourth-order valence-corrected chi connectivity index (χ4v) is 4.05. The van der Waals surface area contributed by atoms with Crippen LogP contribution in [0.15, 0.2) is 24.3 Å². The standard InChI is InChI=1S/C18H29N2O4P/c19-11-4-12-20(18(21)17-5-2-1-3-6-17)13-15-7-9-16(10-8-15)14-25(22,23)24/h7-10,17H,1-6,11-14,19H2,(H2,22,23,24). The molecule has 25 heavy (non-hydrogen) atoms. The molecule has 1 aliphatic carbocycles. The quantitative estimate of drug-likeness (QED) is 0.612. The average Bonchev–Trinajstić information content (AvgIpc) is 2.59. The van der Waals surface area contributed by atoms with E-state index in [1.807, 2.05) is 17.0 Å². The summed E-state index contributed by atoms with van der Waals surface area (Å²) < 4.78 is 11.1. The van der Waals surface area contributed by atoms with Crippen molar-refractivity contribution >= 4 is 13.5 Å². The van der Waals surface area contributed by atoms with Gasteiger partial charge in [0, 0.05) is 19.0 Å². The molecule has 0 atom stereocenters. The molecule has 0 bridgehead atoms. The molecule has 1 aliphatic rings. The fourth-order valence-electron chi connectivity index (χ4n) is 3.37. The summed E-state index contributed by atoms with van der Waals surface area (Å²) in [6.45, 7) is 1.72. The van der Waals surface area contributed by atoms with Gasteiger partial charge in [-0.3, -0.25) is 9.36 Å². The predicted octanol–water partition coefficient (Wildman–Crippen LogP) is 2.62. The third-order valence-corrected chi connectivity index (χ3v) is 5.46. The molecule has 0 heterocycles. The topological polar surface area (TPSA) is 104 Å². The number of amides is 1. The summed E-state index contributed by atoms with van der Waals surface area (Å²) in [7, 11) is -4.06. The van der Waals surface area contributed by atoms with Gasteiger partial charge in [0.05, 0.1) is 6.16 Å². The number of hydrogen-bond acceptors (Lipinski definition) is 3. The molecule has 7 heteroatoms. The van der Waals surface area contributed by atoms with Crippen LogP contribution in [-0.4, -0.2) is 33.7 Å². The van der Waals surface area contributed by atoms with Crippen molar-refractivity contribution in [2.24, 2.45) is 11.7 Å². The van der Waals surface area contributed by atoms with Crippen LogP contribution in [0, 0.1) is 5.92 Å². The van der Waals surface area contributed by atoms with E-state index in [2.05, 4.69) is 0 Å². The second kappa shape index (κ2) is 9.48. The van der Waals surface area contributed by atoms with Gasteiger partial charge in [-0.15, -0.1) is 0 Å². The molecular weight excluding hydrogens is 339 g/mol. The summed E-state index contributed by atoms with van der Waals surface area (Å²) in [5.74, 6) is 0.341. The Labute approximate surface area is 149 Å². The monoisotopic (exact) mass is 368 g/mol. The lowest BCUT2D eigenvalue weighted by Crippen LogP contribution is -2.37. The third kappa shape index (κ3) is 6.90. The lowest BCUT2D eigenvalue weighted by atomic mass is 9.88. The Morgan fingerprint density at radius 1 is 1.12 bits per heavy atom. The lowest BCUT2D eigenvalue weighted by Gasteiger charge is -2.29. The molecule has 0 unspecified atom stereocenters. The first-order chi connectivity index (χ1) is 11.9. The molecule has 0 saturated heterocycles. The molecule has 2 rings (SSSR count). The highest BCUT2D eigenvalue weighted by Crippen LogP contribution is 2.39. The van der Waals surface area contributed by atoms with Gasteiger partial charge in [-0.25, -0.2) is 0 Å². The predicted molar refractivity (Wildman–Crippen MR) is 97.9 cm³/mol. The number of carbonyl (C=O) groups is 1. The zero-order valence-corrected chi connectivity index (χ0v) is 15.5. The highest BCUT2D eigenvalue weighted by atomic mass is 31.2. The van der Waals surface area contributed by atoms with Gasteiger partial charge < -0.3 is 20.4 Å². The summed E-state index contributed by atoms with van der Waals surface area (Å²) in [6, 6.07) is 7.13. The molecule has 140 valence electrons. The van der Waals surface area contributed by atoms with Crippen LogP contribution in [0.25, 0.3) is 0 Å². The van der Waals surface area contributed by atoms with Gasteiger partial charge in [0.15, 0.2) is 0 Å². The molecule has 1 fully saturated rings. The molecule has 4 N–H and O–H groups in total. The maximum Gasteiger partial charge on any atom is 0.329 e. The largest absolute Gasteiger partial charge is 0.338 e. The van der Waals surface area contributed by atoms with Crippen molar-refractivity contribution in [1.82, 2.24) is 4.90 Å². The lowest BCUT2D eigenvalue weighted by molar-refractivity contribution is -0.137. The van der Waals surface area contributed by atoms with E-state index in [0.29, 0.717) is 25.2 Å². The van der Waals surface area contributed by atoms with Gasteiger partial charge in [0.25, 0.3) is 0 Å². The number of hydrogen-bond donors (Lipinski definition) is 3. The second-order valence-corrected chi connectivity index (χ2v) is 8.52. The van der Waals surface area contributed by atoms with Gasteiger partial charge >= 0.3 is 7.60 Å². The minimum Gasteiger partial charge on any atom is -0.338 e. The number of nitrogens with zero attached hydrogens (tertiary/aromatic N) is 1. The first-order valence-electron chi connectivity index (χ1n) is 9.00. The molecule has 1 amide bonds. The van der Waals surface area contributed by atoms with Crippen molar-refractivity contribution in [3.05, 3.63) is 35.4 Å². The molecular formula is C18H29N2O4P. The van der Waals surface area contributed by atoms with Crippen LogP contribution >= 0.6 is 7.60 Å². The van der Waals surface area contributed by atoms with Crippen LogP contribution in [0.1, 0.15) is 49.7 Å². The van der Waals surface area contributed by atoms with Gasteiger partial charge in [0.2, 0.25) is 5.91 Å².